The van der Waals surface area contributed by atoms with Crippen molar-refractivity contribution in [1.82, 2.24) is 5.32 Å². The molecular formula is C14H30NO6P. The van der Waals surface area contributed by atoms with Crippen LogP contribution in [0.3, 0.4) is 0 Å². The van der Waals surface area contributed by atoms with Crippen LogP contribution in [0.4, 0.5) is 0 Å². The van der Waals surface area contributed by atoms with E-state index in [4.69, 9.17) is 23.0 Å². The van der Waals surface area contributed by atoms with Crippen molar-refractivity contribution in [3.05, 3.63) is 0 Å². The highest BCUT2D eigenvalue weighted by Crippen LogP contribution is 2.55. The smallest absolute Gasteiger partial charge is 0.378 e. The second-order valence-electron chi connectivity index (χ2n) is 7.20. The zero-order chi connectivity index (χ0) is 16.9. The lowest BCUT2D eigenvalue weighted by atomic mass is 10.2. The molecule has 1 aliphatic heterocycles. The van der Waals surface area contributed by atoms with Crippen LogP contribution >= 0.6 is 7.82 Å². The molecule has 1 rings (SSSR count). The number of nitrogens with one attached hydrogen (secondary N) is 1. The van der Waals surface area contributed by atoms with E-state index in [0.717, 1.165) is 6.54 Å². The van der Waals surface area contributed by atoms with Gasteiger partial charge in [-0.15, -0.1) is 0 Å². The molecule has 1 heterocycles. The highest BCUT2D eigenvalue weighted by molar-refractivity contribution is 7.48. The lowest BCUT2D eigenvalue weighted by Gasteiger charge is -2.31. The lowest BCUT2D eigenvalue weighted by molar-refractivity contribution is -0.0604. The predicted octanol–water partition coefficient (Wildman–Crippen LogP) is 2.70. The second-order valence-corrected chi connectivity index (χ2v) is 8.72. The summed E-state index contributed by atoms with van der Waals surface area (Å²) in [6, 6.07) is 0.115. The van der Waals surface area contributed by atoms with E-state index in [1.165, 1.54) is 0 Å². The number of phosphoric acid groups is 1. The molecule has 1 aliphatic rings. The Morgan fingerprint density at radius 1 is 1.14 bits per heavy atom. The Morgan fingerprint density at radius 2 is 1.73 bits per heavy atom. The van der Waals surface area contributed by atoms with Crippen LogP contribution in [0.25, 0.3) is 0 Å². The first kappa shape index (κ1) is 20.0. The van der Waals surface area contributed by atoms with Crippen molar-refractivity contribution in [2.75, 3.05) is 33.2 Å². The maximum Gasteiger partial charge on any atom is 0.477 e. The summed E-state index contributed by atoms with van der Waals surface area (Å²) >= 11 is 0. The zero-order valence-corrected chi connectivity index (χ0v) is 15.4. The molecule has 0 aromatic heterocycles. The van der Waals surface area contributed by atoms with Gasteiger partial charge in [-0.3, -0.25) is 13.6 Å². The van der Waals surface area contributed by atoms with Crippen LogP contribution in [0.1, 0.15) is 41.5 Å². The number of phosphoric ester groups is 1. The van der Waals surface area contributed by atoms with Crippen LogP contribution in [-0.2, 0) is 27.6 Å². The van der Waals surface area contributed by atoms with Crippen LogP contribution in [0.5, 0.6) is 0 Å². The Kier molecular flexibility index (Phi) is 7.46. The fourth-order valence-electron chi connectivity index (χ4n) is 1.76. The van der Waals surface area contributed by atoms with E-state index in [-0.39, 0.29) is 12.8 Å². The highest BCUT2D eigenvalue weighted by Gasteiger charge is 2.37. The molecule has 1 fully saturated rings. The molecule has 0 bridgehead atoms. The van der Waals surface area contributed by atoms with Crippen molar-refractivity contribution in [3.63, 3.8) is 0 Å². The van der Waals surface area contributed by atoms with Gasteiger partial charge in [-0.2, -0.15) is 0 Å². The summed E-state index contributed by atoms with van der Waals surface area (Å²) in [6.45, 7) is 13.1. The van der Waals surface area contributed by atoms with E-state index in [2.05, 4.69) is 5.32 Å². The maximum atomic E-state index is 12.7. The van der Waals surface area contributed by atoms with Gasteiger partial charge in [0, 0.05) is 6.54 Å². The summed E-state index contributed by atoms with van der Waals surface area (Å²) in [4.78, 5) is 0. The number of hydrogen-bond donors (Lipinski definition) is 1. The topological polar surface area (TPSA) is 75.3 Å². The van der Waals surface area contributed by atoms with Gasteiger partial charge in [0.1, 0.15) is 0 Å². The van der Waals surface area contributed by atoms with Crippen molar-refractivity contribution >= 4 is 7.82 Å². The van der Waals surface area contributed by atoms with E-state index >= 15 is 0 Å². The van der Waals surface area contributed by atoms with Crippen LogP contribution in [0.15, 0.2) is 0 Å². The molecule has 22 heavy (non-hydrogen) atoms. The SMILES string of the molecule is CC(C)(C)OP(=O)(OCOCC1COCCN1)OC(C)(C)C. The fourth-order valence-corrected chi connectivity index (χ4v) is 3.45. The van der Waals surface area contributed by atoms with Gasteiger partial charge in [-0.25, -0.2) is 4.57 Å². The van der Waals surface area contributed by atoms with Crippen LogP contribution in [0, 0.1) is 0 Å². The number of hydrogen-bond acceptors (Lipinski definition) is 7. The summed E-state index contributed by atoms with van der Waals surface area (Å²) in [7, 11) is -3.71. The molecule has 1 saturated heterocycles. The third-order valence-electron chi connectivity index (χ3n) is 2.38. The second kappa shape index (κ2) is 8.20. The first-order chi connectivity index (χ1) is 9.99. The Morgan fingerprint density at radius 3 is 2.18 bits per heavy atom. The van der Waals surface area contributed by atoms with Gasteiger partial charge in [-0.05, 0) is 41.5 Å². The molecule has 0 spiro atoms. The molecule has 132 valence electrons. The molecule has 0 aromatic rings. The van der Waals surface area contributed by atoms with Gasteiger partial charge in [0.25, 0.3) is 0 Å². The molecule has 1 unspecified atom stereocenters. The summed E-state index contributed by atoms with van der Waals surface area (Å²) in [5, 5.41) is 3.26. The highest BCUT2D eigenvalue weighted by atomic mass is 31.2. The van der Waals surface area contributed by atoms with E-state index < -0.39 is 19.0 Å². The third-order valence-corrected chi connectivity index (χ3v) is 4.35. The number of morpholine rings is 1. The molecule has 1 atom stereocenters. The fraction of sp³-hybridized carbons (Fsp3) is 1.00. The standard InChI is InChI=1S/C14H30NO6P/c1-13(2,3)20-22(16,21-14(4,5)6)19-11-18-10-12-9-17-8-7-15-12/h12,15H,7-11H2,1-6H3. The van der Waals surface area contributed by atoms with E-state index in [1.54, 1.807) is 41.5 Å². The Bertz CT molecular complexity index is 351. The van der Waals surface area contributed by atoms with Gasteiger partial charge >= 0.3 is 7.82 Å². The van der Waals surface area contributed by atoms with Crippen LogP contribution in [0.2, 0.25) is 0 Å². The van der Waals surface area contributed by atoms with Crippen molar-refractivity contribution in [2.24, 2.45) is 0 Å². The van der Waals surface area contributed by atoms with E-state index in [1.807, 2.05) is 0 Å². The van der Waals surface area contributed by atoms with Gasteiger partial charge < -0.3 is 14.8 Å². The number of ether oxygens (including phenoxy) is 2. The van der Waals surface area contributed by atoms with Gasteiger partial charge in [0.2, 0.25) is 0 Å². The van der Waals surface area contributed by atoms with Crippen LogP contribution < -0.4 is 5.32 Å². The van der Waals surface area contributed by atoms with Gasteiger partial charge in [0.15, 0.2) is 6.79 Å². The summed E-state index contributed by atoms with van der Waals surface area (Å²) < 4.78 is 39.7. The van der Waals surface area contributed by atoms with Crippen molar-refractivity contribution in [2.45, 2.75) is 58.8 Å². The Hall–Kier alpha value is -0.0100. The molecular weight excluding hydrogens is 309 g/mol. The van der Waals surface area contributed by atoms with Crippen molar-refractivity contribution in [1.29, 1.82) is 0 Å². The van der Waals surface area contributed by atoms with E-state index in [9.17, 15) is 4.57 Å². The van der Waals surface area contributed by atoms with Crippen LogP contribution in [-0.4, -0.2) is 50.4 Å². The molecule has 8 heteroatoms. The predicted molar refractivity (Wildman–Crippen MR) is 83.8 cm³/mol. The van der Waals surface area contributed by atoms with Crippen molar-refractivity contribution in [3.8, 4) is 0 Å². The molecule has 0 aliphatic carbocycles. The minimum atomic E-state index is -3.71. The minimum absolute atomic E-state index is 0.115. The first-order valence-electron chi connectivity index (χ1n) is 7.54. The molecule has 1 N–H and O–H groups in total. The average molecular weight is 339 g/mol. The van der Waals surface area contributed by atoms with Gasteiger partial charge in [-0.1, -0.05) is 0 Å². The third kappa shape index (κ3) is 9.20. The molecule has 0 amide bonds. The van der Waals surface area contributed by atoms with E-state index in [0.29, 0.717) is 19.8 Å². The monoisotopic (exact) mass is 339 g/mol. The lowest BCUT2D eigenvalue weighted by Crippen LogP contribution is -2.44. The minimum Gasteiger partial charge on any atom is -0.378 e. The molecule has 0 radical (unpaired) electrons. The number of rotatable bonds is 7. The molecule has 7 nitrogen and oxygen atoms in total. The summed E-state index contributed by atoms with van der Waals surface area (Å²) in [5.41, 5.74) is -1.31. The zero-order valence-electron chi connectivity index (χ0n) is 14.5. The quantitative estimate of drug-likeness (QED) is 0.434. The summed E-state index contributed by atoms with van der Waals surface area (Å²) in [6.07, 6.45) is 0. The average Bonchev–Trinajstić information content (AvgIpc) is 2.31. The molecule has 0 saturated carbocycles. The van der Waals surface area contributed by atoms with Crippen molar-refractivity contribution < 1.29 is 27.6 Å². The molecule has 0 aromatic carbocycles. The first-order valence-corrected chi connectivity index (χ1v) is 9.00. The Balaban J connectivity index is 2.44. The largest absolute Gasteiger partial charge is 0.477 e. The van der Waals surface area contributed by atoms with Gasteiger partial charge in [0.05, 0.1) is 37.1 Å². The normalized spacial score (nSPS) is 21.1. The maximum absolute atomic E-state index is 12.7. The summed E-state index contributed by atoms with van der Waals surface area (Å²) in [5.74, 6) is 0. The Labute approximate surface area is 133 Å².